The summed E-state index contributed by atoms with van der Waals surface area (Å²) in [5, 5.41) is 15.2. The largest absolute Gasteiger partial charge is 0.508 e. The monoisotopic (exact) mass is 310 g/mol. The normalized spacial score (nSPS) is 9.57. The number of amides is 1. The summed E-state index contributed by atoms with van der Waals surface area (Å²) in [6.07, 6.45) is 0.523. The van der Waals surface area contributed by atoms with Crippen LogP contribution in [-0.2, 0) is 16.1 Å². The minimum atomic E-state index is -0.958. The molecular weight excluding hydrogens is 296 g/mol. The molecule has 2 rings (SSSR count). The molecule has 0 saturated heterocycles. The molecule has 0 spiro atoms. The Hall–Kier alpha value is -3.44. The number of carbonyl (C=O) groups excluding carboxylic acids is 2. The third-order valence-electron chi connectivity index (χ3n) is 2.99. The molecule has 0 atom stereocenters. The first kappa shape index (κ1) is 15.9. The summed E-state index contributed by atoms with van der Waals surface area (Å²) >= 11 is 0. The third-order valence-corrected chi connectivity index (χ3v) is 2.99. The van der Waals surface area contributed by atoms with Gasteiger partial charge in [-0.15, -0.1) is 0 Å². The van der Waals surface area contributed by atoms with Gasteiger partial charge in [0.25, 0.3) is 0 Å². The second kappa shape index (κ2) is 7.53. The lowest BCUT2D eigenvalue weighted by Crippen LogP contribution is -2.23. The fraction of sp³-hybridized carbons (Fsp3) is 0.0625. The number of anilines is 2. The van der Waals surface area contributed by atoms with Gasteiger partial charge in [0.05, 0.1) is 0 Å². The fourth-order valence-corrected chi connectivity index (χ4v) is 1.87. The van der Waals surface area contributed by atoms with Crippen molar-refractivity contribution >= 4 is 29.3 Å². The minimum Gasteiger partial charge on any atom is -0.508 e. The molecule has 7 nitrogen and oxygen atoms in total. The number of ketones is 1. The van der Waals surface area contributed by atoms with Gasteiger partial charge in [-0.3, -0.25) is 9.59 Å². The molecule has 0 unspecified atom stereocenters. The predicted molar refractivity (Wildman–Crippen MR) is 85.2 cm³/mol. The summed E-state index contributed by atoms with van der Waals surface area (Å²) in [7, 11) is 0. The van der Waals surface area contributed by atoms with Gasteiger partial charge in [-0.2, -0.15) is 4.79 Å². The maximum absolute atomic E-state index is 11.5. The van der Waals surface area contributed by atoms with Crippen molar-refractivity contribution in [1.82, 2.24) is 0 Å². The minimum absolute atomic E-state index is 0.193. The molecule has 0 heterocycles. The zero-order chi connectivity index (χ0) is 16.7. The SMILES string of the molecule is [N-]=[N+]=CC(=O)C(=O)Nc1cccc(NCc2ccccc2O)c1. The summed E-state index contributed by atoms with van der Waals surface area (Å²) in [5.74, 6) is -1.67. The number of benzene rings is 2. The van der Waals surface area contributed by atoms with Crippen LogP contribution in [0.25, 0.3) is 5.53 Å². The Balaban J connectivity index is 2.02. The molecule has 3 N–H and O–H groups in total. The van der Waals surface area contributed by atoms with Crippen LogP contribution in [0.4, 0.5) is 11.4 Å². The highest BCUT2D eigenvalue weighted by atomic mass is 16.3. The van der Waals surface area contributed by atoms with E-state index in [4.69, 9.17) is 5.53 Å². The maximum atomic E-state index is 11.5. The summed E-state index contributed by atoms with van der Waals surface area (Å²) in [5.41, 5.74) is 10.1. The van der Waals surface area contributed by atoms with E-state index in [9.17, 15) is 14.7 Å². The molecule has 7 heteroatoms. The smallest absolute Gasteiger partial charge is 0.333 e. The van der Waals surface area contributed by atoms with E-state index < -0.39 is 11.7 Å². The highest BCUT2D eigenvalue weighted by Crippen LogP contribution is 2.19. The van der Waals surface area contributed by atoms with E-state index in [-0.39, 0.29) is 5.75 Å². The lowest BCUT2D eigenvalue weighted by Gasteiger charge is -2.09. The molecule has 2 aromatic rings. The average Bonchev–Trinajstić information content (AvgIpc) is 2.54. The molecule has 0 radical (unpaired) electrons. The summed E-state index contributed by atoms with van der Waals surface area (Å²) < 4.78 is 0. The molecule has 0 aliphatic carbocycles. The molecular formula is C16H14N4O3. The van der Waals surface area contributed by atoms with Crippen LogP contribution in [0.3, 0.4) is 0 Å². The van der Waals surface area contributed by atoms with Crippen LogP contribution in [0.1, 0.15) is 5.56 Å². The van der Waals surface area contributed by atoms with Crippen LogP contribution in [0.5, 0.6) is 5.75 Å². The van der Waals surface area contributed by atoms with Gasteiger partial charge in [-0.25, -0.2) is 0 Å². The standard InChI is InChI=1S/C16H14N4O3/c17-19-10-15(22)16(23)20-13-6-3-5-12(8-13)18-9-11-4-1-2-7-14(11)21/h1-8,10,18,21H,9H2,(H,20,23). The van der Waals surface area contributed by atoms with Crippen molar-refractivity contribution < 1.29 is 19.5 Å². The van der Waals surface area contributed by atoms with Gasteiger partial charge in [0.15, 0.2) is 0 Å². The summed E-state index contributed by atoms with van der Waals surface area (Å²) in [4.78, 5) is 25.3. The zero-order valence-electron chi connectivity index (χ0n) is 12.1. The van der Waals surface area contributed by atoms with Crippen molar-refractivity contribution in [2.45, 2.75) is 6.54 Å². The van der Waals surface area contributed by atoms with Crippen molar-refractivity contribution in [1.29, 1.82) is 0 Å². The molecule has 0 aromatic heterocycles. The number of phenols is 1. The van der Waals surface area contributed by atoms with Crippen LogP contribution in [0.2, 0.25) is 0 Å². The number of nitrogens with one attached hydrogen (secondary N) is 2. The second-order valence-electron chi connectivity index (χ2n) is 4.63. The van der Waals surface area contributed by atoms with Crippen LogP contribution in [0.15, 0.2) is 48.5 Å². The molecule has 116 valence electrons. The first-order chi connectivity index (χ1) is 11.1. The van der Waals surface area contributed by atoms with Crippen LogP contribution < -0.4 is 10.6 Å². The van der Waals surface area contributed by atoms with E-state index in [2.05, 4.69) is 15.4 Å². The lowest BCUT2D eigenvalue weighted by atomic mass is 10.2. The van der Waals surface area contributed by atoms with Gasteiger partial charge in [0, 0.05) is 23.5 Å². The van der Waals surface area contributed by atoms with E-state index in [0.29, 0.717) is 24.1 Å². The number of carbonyl (C=O) groups is 2. The number of Topliss-reactive ketones (excluding diaryl/α,β-unsaturated/α-hetero) is 1. The van der Waals surface area contributed by atoms with Crippen molar-refractivity contribution in [3.8, 4) is 5.75 Å². The second-order valence-corrected chi connectivity index (χ2v) is 4.63. The lowest BCUT2D eigenvalue weighted by molar-refractivity contribution is -0.132. The summed E-state index contributed by atoms with van der Waals surface area (Å²) in [6, 6.07) is 13.7. The number of para-hydroxylation sites is 1. The maximum Gasteiger partial charge on any atom is 0.333 e. The van der Waals surface area contributed by atoms with E-state index in [0.717, 1.165) is 5.56 Å². The van der Waals surface area contributed by atoms with E-state index in [1.54, 1.807) is 42.5 Å². The van der Waals surface area contributed by atoms with Gasteiger partial charge < -0.3 is 21.3 Å². The zero-order valence-corrected chi connectivity index (χ0v) is 12.1. The molecule has 0 aliphatic heterocycles. The van der Waals surface area contributed by atoms with Crippen LogP contribution in [-0.4, -0.2) is 27.8 Å². The van der Waals surface area contributed by atoms with E-state index >= 15 is 0 Å². The van der Waals surface area contributed by atoms with E-state index in [1.165, 1.54) is 0 Å². The number of phenolic OH excluding ortho intramolecular Hbond substituents is 1. The average molecular weight is 310 g/mol. The molecule has 0 saturated carbocycles. The number of hydrogen-bond donors (Lipinski definition) is 3. The van der Waals surface area contributed by atoms with Crippen molar-refractivity contribution in [2.24, 2.45) is 0 Å². The Labute approximate surface area is 132 Å². The molecule has 0 fully saturated rings. The highest BCUT2D eigenvalue weighted by Gasteiger charge is 2.15. The molecule has 23 heavy (non-hydrogen) atoms. The van der Waals surface area contributed by atoms with Crippen LogP contribution in [0, 0.1) is 0 Å². The van der Waals surface area contributed by atoms with Gasteiger partial charge in [-0.1, -0.05) is 24.3 Å². The highest BCUT2D eigenvalue weighted by molar-refractivity contribution is 6.59. The quantitative estimate of drug-likeness (QED) is 0.326. The predicted octanol–water partition coefficient (Wildman–Crippen LogP) is 1.81. The number of hydrogen-bond acceptors (Lipinski definition) is 4. The summed E-state index contributed by atoms with van der Waals surface area (Å²) in [6.45, 7) is 0.403. The first-order valence-electron chi connectivity index (χ1n) is 6.73. The van der Waals surface area contributed by atoms with Crippen molar-refractivity contribution in [3.05, 3.63) is 59.6 Å². The van der Waals surface area contributed by atoms with Crippen molar-refractivity contribution in [2.75, 3.05) is 10.6 Å². The topological polar surface area (TPSA) is 115 Å². The Morgan fingerprint density at radius 3 is 2.61 bits per heavy atom. The van der Waals surface area contributed by atoms with Gasteiger partial charge >= 0.3 is 17.9 Å². The number of aromatic hydroxyl groups is 1. The fourth-order valence-electron chi connectivity index (χ4n) is 1.87. The first-order valence-corrected chi connectivity index (χ1v) is 6.73. The molecule has 0 bridgehead atoms. The molecule has 0 aliphatic rings. The van der Waals surface area contributed by atoms with E-state index in [1.807, 2.05) is 6.07 Å². The molecule has 1 amide bonds. The van der Waals surface area contributed by atoms with Crippen molar-refractivity contribution in [3.63, 3.8) is 0 Å². The Morgan fingerprint density at radius 1 is 1.13 bits per heavy atom. The van der Waals surface area contributed by atoms with Gasteiger partial charge in [0.1, 0.15) is 5.75 Å². The number of rotatable bonds is 6. The number of nitrogens with zero attached hydrogens (tertiary/aromatic N) is 2. The molecule has 2 aromatic carbocycles. The van der Waals surface area contributed by atoms with Gasteiger partial charge in [0.2, 0.25) is 0 Å². The van der Waals surface area contributed by atoms with Crippen LogP contribution >= 0.6 is 0 Å². The Morgan fingerprint density at radius 2 is 1.87 bits per heavy atom. The van der Waals surface area contributed by atoms with Gasteiger partial charge in [-0.05, 0) is 24.3 Å². The Kier molecular flexibility index (Phi) is 5.22. The third kappa shape index (κ3) is 4.52. The Bertz CT molecular complexity index is 782.